The van der Waals surface area contributed by atoms with Crippen molar-refractivity contribution in [2.24, 2.45) is 5.92 Å². The molecule has 2 atom stereocenters. The molecule has 1 fully saturated rings. The van der Waals surface area contributed by atoms with Gasteiger partial charge in [-0.2, -0.15) is 20.1 Å². The van der Waals surface area contributed by atoms with E-state index in [0.717, 1.165) is 18.8 Å². The molecule has 0 radical (unpaired) electrons. The summed E-state index contributed by atoms with van der Waals surface area (Å²) in [5.74, 6) is 1.99. The summed E-state index contributed by atoms with van der Waals surface area (Å²) in [5, 5.41) is 7.52. The predicted molar refractivity (Wildman–Crippen MR) is 81.0 cm³/mol. The van der Waals surface area contributed by atoms with Crippen LogP contribution in [-0.2, 0) is 0 Å². The van der Waals surface area contributed by atoms with Gasteiger partial charge in [0.25, 0.3) is 5.95 Å². The molecule has 3 N–H and O–H groups in total. The van der Waals surface area contributed by atoms with E-state index < -0.39 is 0 Å². The molecular formula is C14H21N7. The Hall–Kier alpha value is -2.18. The molecule has 2 unspecified atom stereocenters. The summed E-state index contributed by atoms with van der Waals surface area (Å²) < 4.78 is 1.58. The zero-order valence-electron chi connectivity index (χ0n) is 12.2. The van der Waals surface area contributed by atoms with Crippen molar-refractivity contribution in [3.8, 4) is 5.95 Å². The third kappa shape index (κ3) is 3.48. The highest BCUT2D eigenvalue weighted by atomic mass is 15.4. The lowest BCUT2D eigenvalue weighted by atomic mass is 10.0. The normalized spacial score (nSPS) is 22.7. The number of aromatic nitrogens is 5. The predicted octanol–water partition coefficient (Wildman–Crippen LogP) is 2.02. The quantitative estimate of drug-likeness (QED) is 0.839. The minimum absolute atomic E-state index is 0.208. The van der Waals surface area contributed by atoms with E-state index in [-0.39, 0.29) is 5.95 Å². The minimum Gasteiger partial charge on any atom is -0.368 e. The fraction of sp³-hybridized carbons (Fsp3) is 0.571. The molecule has 21 heavy (non-hydrogen) atoms. The van der Waals surface area contributed by atoms with Crippen LogP contribution in [0.2, 0.25) is 0 Å². The molecule has 7 nitrogen and oxygen atoms in total. The van der Waals surface area contributed by atoms with Gasteiger partial charge in [0.15, 0.2) is 0 Å². The molecule has 2 heterocycles. The van der Waals surface area contributed by atoms with E-state index in [2.05, 4.69) is 32.3 Å². The highest BCUT2D eigenvalue weighted by molar-refractivity contribution is 5.35. The molecule has 3 rings (SSSR count). The van der Waals surface area contributed by atoms with Crippen molar-refractivity contribution >= 4 is 11.9 Å². The smallest absolute Gasteiger partial charge is 0.257 e. The van der Waals surface area contributed by atoms with Crippen LogP contribution in [-0.4, -0.2) is 30.8 Å². The number of rotatable bonds is 3. The molecule has 2 aromatic rings. The Morgan fingerprint density at radius 3 is 2.90 bits per heavy atom. The maximum absolute atomic E-state index is 5.78. The van der Waals surface area contributed by atoms with Crippen LogP contribution in [0.25, 0.3) is 5.95 Å². The zero-order chi connectivity index (χ0) is 14.7. The molecule has 0 amide bonds. The number of nitrogens with one attached hydrogen (secondary N) is 1. The van der Waals surface area contributed by atoms with Gasteiger partial charge >= 0.3 is 0 Å². The largest absolute Gasteiger partial charge is 0.368 e. The van der Waals surface area contributed by atoms with Crippen LogP contribution in [0.3, 0.4) is 0 Å². The maximum atomic E-state index is 5.78. The van der Waals surface area contributed by atoms with E-state index in [1.165, 1.54) is 19.3 Å². The summed E-state index contributed by atoms with van der Waals surface area (Å²) >= 11 is 0. The second kappa shape index (κ2) is 6.07. The van der Waals surface area contributed by atoms with E-state index >= 15 is 0 Å². The van der Waals surface area contributed by atoms with Gasteiger partial charge in [-0.25, -0.2) is 4.68 Å². The van der Waals surface area contributed by atoms with Gasteiger partial charge in [-0.1, -0.05) is 19.8 Å². The Labute approximate surface area is 124 Å². The Morgan fingerprint density at radius 2 is 2.10 bits per heavy atom. The number of nitrogens with two attached hydrogens (primary N) is 1. The van der Waals surface area contributed by atoms with Gasteiger partial charge in [-0.15, -0.1) is 0 Å². The van der Waals surface area contributed by atoms with Gasteiger partial charge < -0.3 is 11.1 Å². The summed E-state index contributed by atoms with van der Waals surface area (Å²) in [5.41, 5.74) is 5.78. The second-order valence-electron chi connectivity index (χ2n) is 5.72. The highest BCUT2D eigenvalue weighted by Gasteiger charge is 2.17. The van der Waals surface area contributed by atoms with E-state index in [1.54, 1.807) is 17.1 Å². The van der Waals surface area contributed by atoms with Gasteiger partial charge in [0.05, 0.1) is 0 Å². The van der Waals surface area contributed by atoms with Gasteiger partial charge in [0.1, 0.15) is 0 Å². The SMILES string of the molecule is CC1CCCC(Nc2nc(N)nc(-n3cccn3)n2)CC1. The monoisotopic (exact) mass is 287 g/mol. The number of nitrogen functional groups attached to an aromatic ring is 1. The Balaban J connectivity index is 1.76. The van der Waals surface area contributed by atoms with E-state index in [1.807, 2.05) is 6.07 Å². The third-order valence-electron chi connectivity index (χ3n) is 3.94. The number of nitrogens with zero attached hydrogens (tertiary/aromatic N) is 5. The summed E-state index contributed by atoms with van der Waals surface area (Å²) in [6.45, 7) is 2.32. The van der Waals surface area contributed by atoms with Crippen LogP contribution in [0.15, 0.2) is 18.5 Å². The van der Waals surface area contributed by atoms with Crippen molar-refractivity contribution in [1.29, 1.82) is 0 Å². The summed E-state index contributed by atoms with van der Waals surface area (Å²) in [6.07, 6.45) is 9.54. The summed E-state index contributed by atoms with van der Waals surface area (Å²) in [7, 11) is 0. The van der Waals surface area contributed by atoms with Gasteiger partial charge in [-0.05, 0) is 31.2 Å². The van der Waals surface area contributed by atoms with Crippen molar-refractivity contribution in [2.75, 3.05) is 11.1 Å². The van der Waals surface area contributed by atoms with Gasteiger partial charge in [0.2, 0.25) is 11.9 Å². The van der Waals surface area contributed by atoms with Crippen LogP contribution in [0, 0.1) is 5.92 Å². The molecule has 0 spiro atoms. The van der Waals surface area contributed by atoms with Crippen LogP contribution in [0.4, 0.5) is 11.9 Å². The van der Waals surface area contributed by atoms with E-state index in [9.17, 15) is 0 Å². The lowest BCUT2D eigenvalue weighted by molar-refractivity contribution is 0.501. The Morgan fingerprint density at radius 1 is 1.19 bits per heavy atom. The van der Waals surface area contributed by atoms with E-state index in [0.29, 0.717) is 17.9 Å². The number of anilines is 2. The minimum atomic E-state index is 0.208. The Bertz CT molecular complexity index is 581. The average Bonchev–Trinajstić information content (AvgIpc) is 2.91. The van der Waals surface area contributed by atoms with Gasteiger partial charge in [0, 0.05) is 18.4 Å². The highest BCUT2D eigenvalue weighted by Crippen LogP contribution is 2.24. The third-order valence-corrected chi connectivity index (χ3v) is 3.94. The lowest BCUT2D eigenvalue weighted by Crippen LogP contribution is -2.21. The molecule has 7 heteroatoms. The van der Waals surface area contributed by atoms with Crippen LogP contribution in [0.1, 0.15) is 39.0 Å². The molecule has 0 aromatic carbocycles. The molecule has 1 saturated carbocycles. The van der Waals surface area contributed by atoms with Crippen molar-refractivity contribution in [1.82, 2.24) is 24.7 Å². The summed E-state index contributed by atoms with van der Waals surface area (Å²) in [6, 6.07) is 2.22. The fourth-order valence-electron chi connectivity index (χ4n) is 2.75. The molecule has 1 aliphatic rings. The van der Waals surface area contributed by atoms with Crippen LogP contribution in [0.5, 0.6) is 0 Å². The van der Waals surface area contributed by atoms with Crippen LogP contribution < -0.4 is 11.1 Å². The standard InChI is InChI=1S/C14H21N7/c1-10-4-2-5-11(7-6-10)17-13-18-12(15)19-14(20-13)21-9-3-8-16-21/h3,8-11H,2,4-7H2,1H3,(H3,15,17,18,19,20). The molecule has 112 valence electrons. The second-order valence-corrected chi connectivity index (χ2v) is 5.72. The molecule has 0 aliphatic heterocycles. The van der Waals surface area contributed by atoms with Crippen LogP contribution >= 0.6 is 0 Å². The maximum Gasteiger partial charge on any atom is 0.257 e. The van der Waals surface area contributed by atoms with Gasteiger partial charge in [-0.3, -0.25) is 0 Å². The van der Waals surface area contributed by atoms with E-state index in [4.69, 9.17) is 5.73 Å². The topological polar surface area (TPSA) is 94.5 Å². The van der Waals surface area contributed by atoms with Crippen molar-refractivity contribution < 1.29 is 0 Å². The number of hydrogen-bond acceptors (Lipinski definition) is 6. The average molecular weight is 287 g/mol. The lowest BCUT2D eigenvalue weighted by Gasteiger charge is -2.16. The first kappa shape index (κ1) is 13.8. The van der Waals surface area contributed by atoms with Crippen molar-refractivity contribution in [2.45, 2.75) is 45.1 Å². The molecule has 0 saturated heterocycles. The number of hydrogen-bond donors (Lipinski definition) is 2. The summed E-state index contributed by atoms with van der Waals surface area (Å²) in [4.78, 5) is 12.7. The van der Waals surface area contributed by atoms with Crippen molar-refractivity contribution in [3.63, 3.8) is 0 Å². The first-order chi connectivity index (χ1) is 10.2. The molecule has 0 bridgehead atoms. The fourth-order valence-corrected chi connectivity index (χ4v) is 2.75. The molecular weight excluding hydrogens is 266 g/mol. The Kier molecular flexibility index (Phi) is 3.98. The first-order valence-corrected chi connectivity index (χ1v) is 7.49. The van der Waals surface area contributed by atoms with Crippen molar-refractivity contribution in [3.05, 3.63) is 18.5 Å². The first-order valence-electron chi connectivity index (χ1n) is 7.49. The molecule has 2 aromatic heterocycles. The molecule has 1 aliphatic carbocycles. The zero-order valence-corrected chi connectivity index (χ0v) is 12.2.